The topological polar surface area (TPSA) is 81.9 Å². The fourth-order valence-electron chi connectivity index (χ4n) is 1.89. The van der Waals surface area contributed by atoms with E-state index in [1.54, 1.807) is 20.8 Å². The quantitative estimate of drug-likeness (QED) is 0.475. The van der Waals surface area contributed by atoms with Crippen molar-refractivity contribution in [3.8, 4) is 5.75 Å². The van der Waals surface area contributed by atoms with Gasteiger partial charge in [0.25, 0.3) is 5.69 Å². The summed E-state index contributed by atoms with van der Waals surface area (Å²) >= 11 is 0. The van der Waals surface area contributed by atoms with E-state index in [4.69, 9.17) is 9.47 Å². The van der Waals surface area contributed by atoms with Gasteiger partial charge in [-0.1, -0.05) is 6.58 Å². The Bertz CT molecular complexity index is 606. The zero-order chi connectivity index (χ0) is 15.8. The number of hydrogen-bond donors (Lipinski definition) is 0. The van der Waals surface area contributed by atoms with Gasteiger partial charge in [0.1, 0.15) is 17.0 Å². The molecule has 0 aliphatic carbocycles. The van der Waals surface area contributed by atoms with Crippen molar-refractivity contribution >= 4 is 17.5 Å². The number of ether oxygens (including phenoxy) is 2. The van der Waals surface area contributed by atoms with Crippen LogP contribution in [0.2, 0.25) is 0 Å². The summed E-state index contributed by atoms with van der Waals surface area (Å²) in [5.41, 5.74) is -0.523. The first-order valence-electron chi connectivity index (χ1n) is 6.33. The molecule has 2 rings (SSSR count). The minimum Gasteiger partial charge on any atom is -0.464 e. The van der Waals surface area contributed by atoms with Crippen LogP contribution in [0.5, 0.6) is 5.75 Å². The maximum Gasteiger partial charge on any atom is 0.418 e. The van der Waals surface area contributed by atoms with Crippen LogP contribution in [0, 0.1) is 10.1 Å². The third-order valence-corrected chi connectivity index (χ3v) is 2.71. The zero-order valence-corrected chi connectivity index (χ0v) is 12.0. The number of hydrogen-bond acceptors (Lipinski definition) is 5. The molecule has 1 aromatic carbocycles. The van der Waals surface area contributed by atoms with Crippen LogP contribution in [-0.4, -0.2) is 22.8 Å². The number of nitrogens with zero attached hydrogens (tertiary/aromatic N) is 2. The third-order valence-electron chi connectivity index (χ3n) is 2.71. The number of non-ortho nitro benzene ring substituents is 1. The first-order chi connectivity index (χ1) is 9.73. The minimum absolute atomic E-state index is 0.129. The van der Waals surface area contributed by atoms with Crippen molar-refractivity contribution in [3.63, 3.8) is 0 Å². The van der Waals surface area contributed by atoms with E-state index in [1.165, 1.54) is 29.2 Å². The Morgan fingerprint density at radius 1 is 1.52 bits per heavy atom. The predicted molar refractivity (Wildman–Crippen MR) is 76.4 cm³/mol. The summed E-state index contributed by atoms with van der Waals surface area (Å²) in [4.78, 5) is 23.8. The number of carbonyl (C=O) groups excluding carboxylic acids is 1. The van der Waals surface area contributed by atoms with Crippen LogP contribution in [0.25, 0.3) is 0 Å². The van der Waals surface area contributed by atoms with Gasteiger partial charge < -0.3 is 9.47 Å². The van der Waals surface area contributed by atoms with E-state index in [0.29, 0.717) is 11.4 Å². The first-order valence-corrected chi connectivity index (χ1v) is 6.33. The maximum absolute atomic E-state index is 12.3. The fraction of sp³-hybridized carbons (Fsp3) is 0.357. The molecule has 0 aromatic heterocycles. The van der Waals surface area contributed by atoms with E-state index in [2.05, 4.69) is 6.58 Å². The molecule has 0 bridgehead atoms. The average Bonchev–Trinajstić information content (AvgIpc) is 2.73. The Morgan fingerprint density at radius 2 is 2.19 bits per heavy atom. The molecule has 1 unspecified atom stereocenters. The third kappa shape index (κ3) is 2.96. The minimum atomic E-state index is -0.753. The van der Waals surface area contributed by atoms with Gasteiger partial charge in [0.05, 0.1) is 4.92 Å². The number of nitro groups is 1. The van der Waals surface area contributed by atoms with Gasteiger partial charge >= 0.3 is 6.09 Å². The summed E-state index contributed by atoms with van der Waals surface area (Å²) in [7, 11) is 0. The second kappa shape index (κ2) is 5.08. The number of nitro benzene ring substituents is 1. The van der Waals surface area contributed by atoms with Crippen LogP contribution >= 0.6 is 0 Å². The fourth-order valence-corrected chi connectivity index (χ4v) is 1.89. The van der Waals surface area contributed by atoms with Gasteiger partial charge in [0, 0.05) is 12.1 Å². The molecule has 0 spiro atoms. The van der Waals surface area contributed by atoms with E-state index >= 15 is 0 Å². The molecule has 0 fully saturated rings. The van der Waals surface area contributed by atoms with Crippen molar-refractivity contribution in [1.29, 1.82) is 0 Å². The van der Waals surface area contributed by atoms with Crippen molar-refractivity contribution in [2.24, 2.45) is 0 Å². The molecule has 21 heavy (non-hydrogen) atoms. The molecule has 0 saturated carbocycles. The summed E-state index contributed by atoms with van der Waals surface area (Å²) < 4.78 is 10.8. The lowest BCUT2D eigenvalue weighted by atomic mass is 10.2. The summed E-state index contributed by atoms with van der Waals surface area (Å²) in [5, 5.41) is 10.9. The molecule has 1 aromatic rings. The summed E-state index contributed by atoms with van der Waals surface area (Å²) in [6.45, 7) is 8.81. The van der Waals surface area contributed by atoms with Crippen LogP contribution in [0.15, 0.2) is 30.9 Å². The van der Waals surface area contributed by atoms with Crippen molar-refractivity contribution < 1.29 is 19.2 Å². The number of amides is 1. The van der Waals surface area contributed by atoms with Crippen molar-refractivity contribution in [1.82, 2.24) is 0 Å². The van der Waals surface area contributed by atoms with E-state index in [-0.39, 0.29) is 5.69 Å². The molecular weight excluding hydrogens is 276 g/mol. The highest BCUT2D eigenvalue weighted by Crippen LogP contribution is 2.40. The van der Waals surface area contributed by atoms with Gasteiger partial charge in [0.15, 0.2) is 0 Å². The smallest absolute Gasteiger partial charge is 0.418 e. The summed E-state index contributed by atoms with van der Waals surface area (Å²) in [5.74, 6) is 0.372. The van der Waals surface area contributed by atoms with E-state index in [0.717, 1.165) is 0 Å². The standard InChI is InChI=1S/C14H16N2O5/c1-5-12-15(13(17)21-14(2,3)4)10-8-9(16(18)19)6-7-11(10)20-12/h5-8,12H,1H2,2-4H3. The lowest BCUT2D eigenvalue weighted by molar-refractivity contribution is -0.384. The van der Waals surface area contributed by atoms with E-state index in [1.807, 2.05) is 0 Å². The predicted octanol–water partition coefficient (Wildman–Crippen LogP) is 3.24. The Hall–Kier alpha value is -2.57. The Balaban J connectivity index is 2.41. The average molecular weight is 292 g/mol. The number of carbonyl (C=O) groups is 1. The normalized spacial score (nSPS) is 16.9. The lowest BCUT2D eigenvalue weighted by Gasteiger charge is -2.26. The van der Waals surface area contributed by atoms with E-state index in [9.17, 15) is 14.9 Å². The molecule has 1 aliphatic heterocycles. The molecule has 0 N–H and O–H groups in total. The molecule has 1 aliphatic rings. The van der Waals surface area contributed by atoms with Gasteiger partial charge in [0.2, 0.25) is 6.23 Å². The van der Waals surface area contributed by atoms with Crippen molar-refractivity contribution in [2.45, 2.75) is 32.6 Å². The number of anilines is 1. The molecule has 7 heteroatoms. The highest BCUT2D eigenvalue weighted by Gasteiger charge is 2.37. The van der Waals surface area contributed by atoms with Crippen LogP contribution in [0.1, 0.15) is 20.8 Å². The number of rotatable bonds is 2. The number of benzene rings is 1. The SMILES string of the molecule is C=CC1Oc2ccc([N+](=O)[O-])cc2N1C(=O)OC(C)(C)C. The maximum atomic E-state index is 12.3. The second-order valence-electron chi connectivity index (χ2n) is 5.50. The van der Waals surface area contributed by atoms with Crippen LogP contribution < -0.4 is 9.64 Å². The summed E-state index contributed by atoms with van der Waals surface area (Å²) in [6.07, 6.45) is 0.0268. The number of fused-ring (bicyclic) bond motifs is 1. The van der Waals surface area contributed by atoms with Gasteiger partial charge in [-0.05, 0) is 32.9 Å². The molecule has 1 heterocycles. The van der Waals surface area contributed by atoms with Crippen molar-refractivity contribution in [3.05, 3.63) is 41.0 Å². The lowest BCUT2D eigenvalue weighted by Crippen LogP contribution is -2.41. The Morgan fingerprint density at radius 3 is 2.71 bits per heavy atom. The second-order valence-corrected chi connectivity index (χ2v) is 5.50. The van der Waals surface area contributed by atoms with E-state index < -0.39 is 22.8 Å². The molecule has 7 nitrogen and oxygen atoms in total. The zero-order valence-electron chi connectivity index (χ0n) is 12.0. The molecule has 0 radical (unpaired) electrons. The van der Waals surface area contributed by atoms with Crippen molar-refractivity contribution in [2.75, 3.05) is 4.90 Å². The van der Waals surface area contributed by atoms with Gasteiger partial charge in [-0.15, -0.1) is 0 Å². The van der Waals surface area contributed by atoms with Crippen LogP contribution in [-0.2, 0) is 4.74 Å². The molecule has 0 saturated heterocycles. The monoisotopic (exact) mass is 292 g/mol. The van der Waals surface area contributed by atoms with Gasteiger partial charge in [-0.2, -0.15) is 0 Å². The Kier molecular flexibility index (Phi) is 3.59. The summed E-state index contributed by atoms with van der Waals surface area (Å²) in [6, 6.07) is 4.05. The highest BCUT2D eigenvalue weighted by atomic mass is 16.6. The molecular formula is C14H16N2O5. The first kappa shape index (κ1) is 14.8. The van der Waals surface area contributed by atoms with Gasteiger partial charge in [-0.3, -0.25) is 10.1 Å². The largest absolute Gasteiger partial charge is 0.464 e. The highest BCUT2D eigenvalue weighted by molar-refractivity contribution is 5.92. The molecule has 1 atom stereocenters. The molecule has 112 valence electrons. The van der Waals surface area contributed by atoms with Crippen LogP contribution in [0.4, 0.5) is 16.2 Å². The molecule has 1 amide bonds. The Labute approximate surface area is 121 Å². The van der Waals surface area contributed by atoms with Crippen LogP contribution in [0.3, 0.4) is 0 Å². The van der Waals surface area contributed by atoms with Gasteiger partial charge in [-0.25, -0.2) is 9.69 Å².